The molecule has 0 unspecified atom stereocenters. The molecule has 0 aliphatic carbocycles. The monoisotopic (exact) mass is 285 g/mol. The molecular weight excluding hydrogens is 270 g/mol. The predicted octanol–water partition coefficient (Wildman–Crippen LogP) is 5.19. The summed E-state index contributed by atoms with van der Waals surface area (Å²) < 4.78 is 2.49. The Morgan fingerprint density at radius 3 is 2.76 bits per heavy atom. The number of aromatic nitrogens is 1. The van der Waals surface area contributed by atoms with Gasteiger partial charge in [0, 0.05) is 11.6 Å². The summed E-state index contributed by atoms with van der Waals surface area (Å²) in [4.78, 5) is 4.61. The number of benzene rings is 1. The molecule has 4 heteroatoms. The van der Waals surface area contributed by atoms with E-state index in [-0.39, 0.29) is 0 Å². The molecular formula is C13H16ClNS2. The number of halogens is 1. The Labute approximate surface area is 116 Å². The maximum Gasteiger partial charge on any atom is 0.151 e. The third-order valence-corrected chi connectivity index (χ3v) is 5.06. The molecule has 1 aromatic carbocycles. The summed E-state index contributed by atoms with van der Waals surface area (Å²) in [5.74, 6) is 1.97. The second-order valence-corrected chi connectivity index (χ2v) is 6.65. The normalized spacial score (nSPS) is 11.1. The first-order valence-corrected chi connectivity index (χ1v) is 8.28. The van der Waals surface area contributed by atoms with Gasteiger partial charge in [0.15, 0.2) is 4.34 Å². The Morgan fingerprint density at radius 2 is 1.94 bits per heavy atom. The number of rotatable bonds is 7. The van der Waals surface area contributed by atoms with Crippen molar-refractivity contribution in [2.24, 2.45) is 0 Å². The average Bonchev–Trinajstić information content (AvgIpc) is 2.76. The van der Waals surface area contributed by atoms with Gasteiger partial charge in [-0.2, -0.15) is 0 Å². The number of para-hydroxylation sites is 1. The van der Waals surface area contributed by atoms with Crippen LogP contribution in [-0.2, 0) is 0 Å². The SMILES string of the molecule is ClCCCCCCSc1nc2ccccc2s1. The molecule has 92 valence electrons. The Kier molecular flexibility index (Phi) is 5.62. The number of unbranched alkanes of at least 4 members (excludes halogenated alkanes) is 3. The summed E-state index contributed by atoms with van der Waals surface area (Å²) in [6.07, 6.45) is 4.94. The number of alkyl halides is 1. The van der Waals surface area contributed by atoms with Crippen molar-refractivity contribution >= 4 is 44.9 Å². The van der Waals surface area contributed by atoms with Gasteiger partial charge < -0.3 is 0 Å². The molecule has 0 amide bonds. The van der Waals surface area contributed by atoms with Crippen LogP contribution in [0.25, 0.3) is 10.2 Å². The summed E-state index contributed by atoms with van der Waals surface area (Å²) in [5, 5.41) is 0. The highest BCUT2D eigenvalue weighted by Crippen LogP contribution is 2.29. The largest absolute Gasteiger partial charge is 0.230 e. The minimum Gasteiger partial charge on any atom is -0.230 e. The van der Waals surface area contributed by atoms with E-state index >= 15 is 0 Å². The van der Waals surface area contributed by atoms with Crippen molar-refractivity contribution in [2.45, 2.75) is 30.0 Å². The van der Waals surface area contributed by atoms with Gasteiger partial charge >= 0.3 is 0 Å². The first kappa shape index (κ1) is 13.2. The molecule has 0 radical (unpaired) electrons. The highest BCUT2D eigenvalue weighted by molar-refractivity contribution is 8.01. The quantitative estimate of drug-likeness (QED) is 0.394. The Morgan fingerprint density at radius 1 is 1.12 bits per heavy atom. The number of nitrogens with zero attached hydrogens (tertiary/aromatic N) is 1. The van der Waals surface area contributed by atoms with Gasteiger partial charge in [-0.1, -0.05) is 36.7 Å². The van der Waals surface area contributed by atoms with Gasteiger partial charge in [-0.25, -0.2) is 4.98 Å². The highest BCUT2D eigenvalue weighted by Gasteiger charge is 2.02. The maximum atomic E-state index is 5.64. The van der Waals surface area contributed by atoms with E-state index in [1.54, 1.807) is 11.3 Å². The van der Waals surface area contributed by atoms with Crippen molar-refractivity contribution in [3.8, 4) is 0 Å². The van der Waals surface area contributed by atoms with Gasteiger partial charge in [-0.15, -0.1) is 22.9 Å². The van der Waals surface area contributed by atoms with E-state index in [0.29, 0.717) is 0 Å². The number of hydrogen-bond donors (Lipinski definition) is 0. The minimum atomic E-state index is 0.797. The van der Waals surface area contributed by atoms with Crippen LogP contribution in [0.2, 0.25) is 0 Å². The lowest BCUT2D eigenvalue weighted by Gasteiger charge is -1.97. The van der Waals surface area contributed by atoms with E-state index in [4.69, 9.17) is 11.6 Å². The van der Waals surface area contributed by atoms with E-state index < -0.39 is 0 Å². The van der Waals surface area contributed by atoms with Gasteiger partial charge in [0.05, 0.1) is 10.2 Å². The van der Waals surface area contributed by atoms with Crippen LogP contribution in [0.15, 0.2) is 28.6 Å². The Hall–Kier alpha value is -0.250. The zero-order valence-corrected chi connectivity index (χ0v) is 12.1. The zero-order chi connectivity index (χ0) is 11.9. The molecule has 1 heterocycles. The number of fused-ring (bicyclic) bond motifs is 1. The molecule has 1 nitrogen and oxygen atoms in total. The molecule has 17 heavy (non-hydrogen) atoms. The van der Waals surface area contributed by atoms with Crippen LogP contribution in [0.4, 0.5) is 0 Å². The van der Waals surface area contributed by atoms with Gasteiger partial charge in [0.2, 0.25) is 0 Å². The van der Waals surface area contributed by atoms with Crippen LogP contribution in [0.5, 0.6) is 0 Å². The second kappa shape index (κ2) is 7.24. The molecule has 0 bridgehead atoms. The molecule has 0 atom stereocenters. The topological polar surface area (TPSA) is 12.9 Å². The van der Waals surface area contributed by atoms with Crippen molar-refractivity contribution in [1.29, 1.82) is 0 Å². The molecule has 0 saturated carbocycles. The Bertz CT molecular complexity index is 422. The van der Waals surface area contributed by atoms with E-state index in [2.05, 4.69) is 23.2 Å². The van der Waals surface area contributed by atoms with Crippen LogP contribution in [0, 0.1) is 0 Å². The molecule has 0 fully saturated rings. The molecule has 0 aliphatic rings. The first-order chi connectivity index (χ1) is 8.40. The van der Waals surface area contributed by atoms with Crippen molar-refractivity contribution in [1.82, 2.24) is 4.98 Å². The lowest BCUT2D eigenvalue weighted by molar-refractivity contribution is 0.709. The molecule has 0 aliphatic heterocycles. The van der Waals surface area contributed by atoms with Crippen molar-refractivity contribution in [2.75, 3.05) is 11.6 Å². The van der Waals surface area contributed by atoms with Crippen LogP contribution >= 0.6 is 34.7 Å². The lowest BCUT2D eigenvalue weighted by atomic mass is 10.2. The highest BCUT2D eigenvalue weighted by atomic mass is 35.5. The van der Waals surface area contributed by atoms with Gasteiger partial charge in [0.25, 0.3) is 0 Å². The lowest BCUT2D eigenvalue weighted by Crippen LogP contribution is -1.82. The zero-order valence-electron chi connectivity index (χ0n) is 9.69. The van der Waals surface area contributed by atoms with Crippen LogP contribution in [-0.4, -0.2) is 16.6 Å². The minimum absolute atomic E-state index is 0.797. The van der Waals surface area contributed by atoms with Crippen LogP contribution < -0.4 is 0 Å². The van der Waals surface area contributed by atoms with E-state index in [1.165, 1.54) is 34.1 Å². The number of thioether (sulfide) groups is 1. The summed E-state index contributed by atoms with van der Waals surface area (Å²) in [6.45, 7) is 0. The molecule has 2 rings (SSSR count). The molecule has 0 N–H and O–H groups in total. The van der Waals surface area contributed by atoms with E-state index in [0.717, 1.165) is 17.8 Å². The molecule has 0 saturated heterocycles. The molecule has 2 aromatic rings. The summed E-state index contributed by atoms with van der Waals surface area (Å²) >= 11 is 9.32. The number of hydrogen-bond acceptors (Lipinski definition) is 3. The maximum absolute atomic E-state index is 5.64. The van der Waals surface area contributed by atoms with Crippen molar-refractivity contribution in [3.05, 3.63) is 24.3 Å². The standard InChI is InChI=1S/C13H16ClNS2/c14-9-5-1-2-6-10-16-13-15-11-7-3-4-8-12(11)17-13/h3-4,7-8H,1-2,5-6,9-10H2. The third kappa shape index (κ3) is 4.16. The number of thiazole rings is 1. The van der Waals surface area contributed by atoms with Crippen LogP contribution in [0.1, 0.15) is 25.7 Å². The fourth-order valence-electron chi connectivity index (χ4n) is 1.62. The fourth-order valence-corrected chi connectivity index (χ4v) is 3.95. The second-order valence-electron chi connectivity index (χ2n) is 3.90. The van der Waals surface area contributed by atoms with Gasteiger partial charge in [0.1, 0.15) is 0 Å². The molecule has 0 spiro atoms. The summed E-state index contributed by atoms with van der Waals surface area (Å²) in [5.41, 5.74) is 1.13. The van der Waals surface area contributed by atoms with E-state index in [9.17, 15) is 0 Å². The predicted molar refractivity (Wildman–Crippen MR) is 79.5 cm³/mol. The van der Waals surface area contributed by atoms with E-state index in [1.807, 2.05) is 17.8 Å². The molecule has 1 aromatic heterocycles. The summed E-state index contributed by atoms with van der Waals surface area (Å²) in [7, 11) is 0. The summed E-state index contributed by atoms with van der Waals surface area (Å²) in [6, 6.07) is 8.33. The van der Waals surface area contributed by atoms with Gasteiger partial charge in [-0.3, -0.25) is 0 Å². The first-order valence-electron chi connectivity index (χ1n) is 5.94. The van der Waals surface area contributed by atoms with Crippen molar-refractivity contribution < 1.29 is 0 Å². The van der Waals surface area contributed by atoms with Gasteiger partial charge in [-0.05, 0) is 25.0 Å². The smallest absolute Gasteiger partial charge is 0.151 e. The third-order valence-electron chi connectivity index (χ3n) is 2.53. The average molecular weight is 286 g/mol. The Balaban J connectivity index is 1.75. The fraction of sp³-hybridized carbons (Fsp3) is 0.462. The van der Waals surface area contributed by atoms with Crippen molar-refractivity contribution in [3.63, 3.8) is 0 Å². The van der Waals surface area contributed by atoms with Crippen LogP contribution in [0.3, 0.4) is 0 Å².